The van der Waals surface area contributed by atoms with E-state index in [-0.39, 0.29) is 17.7 Å². The number of nitrogens with one attached hydrogen (secondary N) is 1. The molecule has 2 aromatic carbocycles. The third-order valence-corrected chi connectivity index (χ3v) is 7.02. The summed E-state index contributed by atoms with van der Waals surface area (Å²) in [6, 6.07) is 16.5. The van der Waals surface area contributed by atoms with Crippen molar-refractivity contribution in [3.63, 3.8) is 0 Å². The van der Waals surface area contributed by atoms with Crippen LogP contribution in [0.3, 0.4) is 0 Å². The number of rotatable bonds is 11. The third kappa shape index (κ3) is 6.11. The van der Waals surface area contributed by atoms with E-state index in [1.54, 1.807) is 0 Å². The van der Waals surface area contributed by atoms with Crippen LogP contribution in [0.4, 0.5) is 0 Å². The lowest BCUT2D eigenvalue weighted by molar-refractivity contribution is -0.121. The summed E-state index contributed by atoms with van der Waals surface area (Å²) in [4.78, 5) is 27.7. The van der Waals surface area contributed by atoms with Gasteiger partial charge < -0.3 is 14.8 Å². The fourth-order valence-corrected chi connectivity index (χ4v) is 4.94. The molecule has 0 saturated heterocycles. The molecule has 0 saturated carbocycles. The van der Waals surface area contributed by atoms with Crippen molar-refractivity contribution in [3.8, 4) is 0 Å². The Morgan fingerprint density at radius 2 is 1.86 bits per heavy atom. The highest BCUT2D eigenvalue weighted by Gasteiger charge is 2.29. The number of aryl methyl sites for hydroxylation is 1. The number of nitrogens with zero attached hydrogens (tertiary/aromatic N) is 2. The molecule has 0 spiro atoms. The Hall–Kier alpha value is -3.86. The van der Waals surface area contributed by atoms with Gasteiger partial charge in [0.2, 0.25) is 5.91 Å². The number of hydrogen-bond acceptors (Lipinski definition) is 2. The van der Waals surface area contributed by atoms with E-state index in [0.29, 0.717) is 38.5 Å². The number of para-hydroxylation sites is 1. The van der Waals surface area contributed by atoms with Gasteiger partial charge in [0.1, 0.15) is 0 Å². The third-order valence-electron chi connectivity index (χ3n) is 7.02. The molecule has 0 aliphatic carbocycles. The second-order valence-corrected chi connectivity index (χ2v) is 9.98. The highest BCUT2D eigenvalue weighted by Crippen LogP contribution is 2.26. The number of benzene rings is 2. The van der Waals surface area contributed by atoms with E-state index >= 15 is 0 Å². The summed E-state index contributed by atoms with van der Waals surface area (Å²) in [7, 11) is 0. The summed E-state index contributed by atoms with van der Waals surface area (Å²) >= 11 is 0. The summed E-state index contributed by atoms with van der Waals surface area (Å²) in [5.41, 5.74) is 5.09. The van der Waals surface area contributed by atoms with Crippen LogP contribution in [0.1, 0.15) is 54.7 Å². The number of carbonyl (C=O) groups excluding carboxylic acids is 2. The first-order valence-electron chi connectivity index (χ1n) is 13.1. The Kier molecular flexibility index (Phi) is 8.44. The van der Waals surface area contributed by atoms with Gasteiger partial charge in [-0.15, -0.1) is 0 Å². The fourth-order valence-electron chi connectivity index (χ4n) is 4.94. The molecular weight excluding hydrogens is 458 g/mol. The zero-order valence-corrected chi connectivity index (χ0v) is 22.1. The average molecular weight is 496 g/mol. The average Bonchev–Trinajstić information content (AvgIpc) is 3.43. The van der Waals surface area contributed by atoms with E-state index < -0.39 is 0 Å². The summed E-state index contributed by atoms with van der Waals surface area (Å²) in [5, 5.41) is 4.32. The minimum atomic E-state index is -0.0772. The maximum Gasteiger partial charge on any atom is 0.254 e. The van der Waals surface area contributed by atoms with E-state index in [4.69, 9.17) is 0 Å². The van der Waals surface area contributed by atoms with Crippen molar-refractivity contribution in [1.29, 1.82) is 0 Å². The van der Waals surface area contributed by atoms with Crippen molar-refractivity contribution in [3.05, 3.63) is 108 Å². The standard InChI is InChI=1S/C32H37N3O2/c1-5-6-7-12-24(4)27(21-34-20-25-13-8-9-15-29(25)32(34)37)19-33-31(36)18-17-26-22-35(23(2)3)30-16-11-10-14-28(26)30/h5-16,22-23,27H,4,17-21H2,1-3H3,(H,33,36)/b6-5-,12-7-/t27-/m0/s1. The van der Waals surface area contributed by atoms with Crippen LogP contribution in [0.25, 0.3) is 10.9 Å². The minimum absolute atomic E-state index is 0.00708. The number of amides is 2. The largest absolute Gasteiger partial charge is 0.355 e. The van der Waals surface area contributed by atoms with Crippen LogP contribution in [0.2, 0.25) is 0 Å². The zero-order valence-electron chi connectivity index (χ0n) is 22.1. The van der Waals surface area contributed by atoms with Gasteiger partial charge in [-0.1, -0.05) is 67.3 Å². The van der Waals surface area contributed by atoms with E-state index in [2.05, 4.69) is 54.7 Å². The quantitative estimate of drug-likeness (QED) is 0.321. The Bertz CT molecular complexity index is 1350. The SMILES string of the molecule is C=C(/C=C\C=C/C)[C@@H](CNC(=O)CCc1cn(C(C)C)c2ccccc12)CN1Cc2ccccc2C1=O. The van der Waals surface area contributed by atoms with Gasteiger partial charge >= 0.3 is 0 Å². The predicted octanol–water partition coefficient (Wildman–Crippen LogP) is 6.23. The second kappa shape index (κ2) is 11.9. The van der Waals surface area contributed by atoms with Crippen LogP contribution < -0.4 is 5.32 Å². The molecule has 4 rings (SSSR count). The Balaban J connectivity index is 1.40. The molecular formula is C32H37N3O2. The number of hydrogen-bond donors (Lipinski definition) is 1. The molecule has 0 radical (unpaired) electrons. The molecule has 1 aliphatic rings. The topological polar surface area (TPSA) is 54.3 Å². The van der Waals surface area contributed by atoms with Crippen molar-refractivity contribution >= 4 is 22.7 Å². The molecule has 0 unspecified atom stereocenters. The lowest BCUT2D eigenvalue weighted by Gasteiger charge is -2.25. The van der Waals surface area contributed by atoms with E-state index in [9.17, 15) is 9.59 Å². The van der Waals surface area contributed by atoms with Gasteiger partial charge in [-0.3, -0.25) is 9.59 Å². The summed E-state index contributed by atoms with van der Waals surface area (Å²) in [6.07, 6.45) is 11.1. The monoisotopic (exact) mass is 495 g/mol. The molecule has 1 aliphatic heterocycles. The second-order valence-electron chi connectivity index (χ2n) is 9.98. The van der Waals surface area contributed by atoms with Gasteiger partial charge in [-0.25, -0.2) is 0 Å². The van der Waals surface area contributed by atoms with Crippen LogP contribution in [0.15, 0.2) is 91.2 Å². The first-order valence-corrected chi connectivity index (χ1v) is 13.1. The highest BCUT2D eigenvalue weighted by atomic mass is 16.2. The molecule has 2 amide bonds. The predicted molar refractivity (Wildman–Crippen MR) is 151 cm³/mol. The molecule has 3 aromatic rings. The van der Waals surface area contributed by atoms with Crippen molar-refractivity contribution in [2.24, 2.45) is 5.92 Å². The summed E-state index contributed by atoms with van der Waals surface area (Å²) in [5.74, 6) is -0.0297. The Labute approximate surface area is 220 Å². The number of aromatic nitrogens is 1. The van der Waals surface area contributed by atoms with Gasteiger partial charge in [0.05, 0.1) is 0 Å². The van der Waals surface area contributed by atoms with Crippen LogP contribution >= 0.6 is 0 Å². The smallest absolute Gasteiger partial charge is 0.254 e. The van der Waals surface area contributed by atoms with Crippen LogP contribution in [0.5, 0.6) is 0 Å². The van der Waals surface area contributed by atoms with Gasteiger partial charge in [0.25, 0.3) is 5.91 Å². The van der Waals surface area contributed by atoms with Crippen LogP contribution in [0, 0.1) is 5.92 Å². The van der Waals surface area contributed by atoms with Crippen molar-refractivity contribution in [2.45, 2.75) is 46.2 Å². The van der Waals surface area contributed by atoms with E-state index in [0.717, 1.165) is 16.7 Å². The maximum atomic E-state index is 12.9. The van der Waals surface area contributed by atoms with Crippen molar-refractivity contribution in [1.82, 2.24) is 14.8 Å². The number of fused-ring (bicyclic) bond motifs is 2. The minimum Gasteiger partial charge on any atom is -0.355 e. The highest BCUT2D eigenvalue weighted by molar-refractivity contribution is 5.98. The molecule has 1 aromatic heterocycles. The molecule has 1 N–H and O–H groups in total. The van der Waals surface area contributed by atoms with Crippen molar-refractivity contribution in [2.75, 3.05) is 13.1 Å². The molecule has 37 heavy (non-hydrogen) atoms. The van der Waals surface area contributed by atoms with Gasteiger partial charge in [-0.2, -0.15) is 0 Å². The zero-order chi connectivity index (χ0) is 26.4. The first-order chi connectivity index (χ1) is 17.9. The maximum absolute atomic E-state index is 12.9. The Morgan fingerprint density at radius 1 is 1.11 bits per heavy atom. The van der Waals surface area contributed by atoms with E-state index in [1.165, 1.54) is 16.5 Å². The lowest BCUT2D eigenvalue weighted by Crippen LogP contribution is -2.37. The van der Waals surface area contributed by atoms with Gasteiger partial charge in [0.15, 0.2) is 0 Å². The molecule has 2 heterocycles. The van der Waals surface area contributed by atoms with Gasteiger partial charge in [-0.05, 0) is 56.0 Å². The normalized spacial score (nSPS) is 14.3. The molecule has 0 bridgehead atoms. The molecule has 0 fully saturated rings. The molecule has 5 heteroatoms. The fraction of sp³-hybridized carbons (Fsp3) is 0.312. The summed E-state index contributed by atoms with van der Waals surface area (Å²) in [6.45, 7) is 12.1. The number of carbonyl (C=O) groups is 2. The molecule has 192 valence electrons. The van der Waals surface area contributed by atoms with Crippen molar-refractivity contribution < 1.29 is 9.59 Å². The van der Waals surface area contributed by atoms with E-state index in [1.807, 2.05) is 66.5 Å². The first kappa shape index (κ1) is 26.2. The Morgan fingerprint density at radius 3 is 2.62 bits per heavy atom. The van der Waals surface area contributed by atoms with Crippen LogP contribution in [-0.2, 0) is 17.8 Å². The number of allylic oxidation sites excluding steroid dienone is 4. The lowest BCUT2D eigenvalue weighted by atomic mass is 9.98. The molecule has 5 nitrogen and oxygen atoms in total. The van der Waals surface area contributed by atoms with Crippen LogP contribution in [-0.4, -0.2) is 34.4 Å². The van der Waals surface area contributed by atoms with Gasteiger partial charge in [0, 0.05) is 60.7 Å². The summed E-state index contributed by atoms with van der Waals surface area (Å²) < 4.78 is 2.27. The molecule has 1 atom stereocenters.